The van der Waals surface area contributed by atoms with Crippen molar-refractivity contribution < 1.29 is 0 Å². The molecule has 0 N–H and O–H groups in total. The van der Waals surface area contributed by atoms with E-state index in [0.717, 1.165) is 6.04 Å². The van der Waals surface area contributed by atoms with Gasteiger partial charge in [-0.15, -0.1) is 0 Å². The highest BCUT2D eigenvalue weighted by atomic mass is 15.2. The largest absolute Gasteiger partial charge is 0.305 e. The van der Waals surface area contributed by atoms with E-state index in [2.05, 4.69) is 16.8 Å². The number of nitrogens with zero attached hydrogens (tertiary/aromatic N) is 2. The Morgan fingerprint density at radius 3 is 2.33 bits per heavy atom. The average molecular weight is 168 g/mol. The Hall–Kier alpha value is -0.0800. The molecule has 70 valence electrons. The van der Waals surface area contributed by atoms with Gasteiger partial charge in [-0.05, 0) is 45.9 Å². The zero-order chi connectivity index (χ0) is 8.39. The van der Waals surface area contributed by atoms with Gasteiger partial charge >= 0.3 is 0 Å². The van der Waals surface area contributed by atoms with E-state index in [1.807, 2.05) is 0 Å². The fraction of sp³-hybridized carbons (Fsp3) is 1.00. The van der Waals surface area contributed by atoms with Gasteiger partial charge < -0.3 is 4.90 Å². The van der Waals surface area contributed by atoms with E-state index in [4.69, 9.17) is 0 Å². The molecule has 0 aromatic rings. The molecule has 2 saturated heterocycles. The Kier molecular flexibility index (Phi) is 2.66. The minimum Gasteiger partial charge on any atom is -0.305 e. The van der Waals surface area contributed by atoms with Crippen LogP contribution in [0, 0.1) is 0 Å². The summed E-state index contributed by atoms with van der Waals surface area (Å²) in [4.78, 5) is 5.16. The van der Waals surface area contributed by atoms with Crippen molar-refractivity contribution in [2.45, 2.75) is 31.7 Å². The van der Waals surface area contributed by atoms with E-state index in [1.165, 1.54) is 51.9 Å². The smallest absolute Gasteiger partial charge is 0.0235 e. The Labute approximate surface area is 75.5 Å². The van der Waals surface area contributed by atoms with Crippen LogP contribution in [0.25, 0.3) is 0 Å². The van der Waals surface area contributed by atoms with Gasteiger partial charge in [0.05, 0.1) is 0 Å². The molecule has 2 rings (SSSR count). The van der Waals surface area contributed by atoms with Crippen molar-refractivity contribution >= 4 is 0 Å². The maximum atomic E-state index is 2.70. The first-order valence-corrected chi connectivity index (χ1v) is 5.29. The summed E-state index contributed by atoms with van der Waals surface area (Å²) in [5.74, 6) is 0. The summed E-state index contributed by atoms with van der Waals surface area (Å²) in [5, 5.41) is 0. The Morgan fingerprint density at radius 2 is 1.75 bits per heavy atom. The minimum atomic E-state index is 0.885. The van der Waals surface area contributed by atoms with Crippen LogP contribution in [-0.4, -0.2) is 49.1 Å². The summed E-state index contributed by atoms with van der Waals surface area (Å²) in [6.07, 6.45) is 5.72. The molecule has 0 aromatic heterocycles. The van der Waals surface area contributed by atoms with Gasteiger partial charge in [-0.2, -0.15) is 0 Å². The molecule has 0 amide bonds. The number of hydrogen-bond acceptors (Lipinski definition) is 2. The summed E-state index contributed by atoms with van der Waals surface area (Å²) >= 11 is 0. The first kappa shape index (κ1) is 8.52. The van der Waals surface area contributed by atoms with Gasteiger partial charge in [0.1, 0.15) is 0 Å². The lowest BCUT2D eigenvalue weighted by Crippen LogP contribution is -2.40. The second kappa shape index (κ2) is 3.75. The first-order chi connectivity index (χ1) is 5.86. The molecule has 2 nitrogen and oxygen atoms in total. The zero-order valence-electron chi connectivity index (χ0n) is 8.13. The molecular formula is C10H20N2. The second-order valence-electron chi connectivity index (χ2n) is 4.30. The Morgan fingerprint density at radius 1 is 1.00 bits per heavy atom. The normalized spacial score (nSPS) is 34.2. The Balaban J connectivity index is 1.83. The fourth-order valence-electron chi connectivity index (χ4n) is 2.49. The number of hydrogen-bond donors (Lipinski definition) is 0. The minimum absolute atomic E-state index is 0.885. The lowest BCUT2D eigenvalue weighted by molar-refractivity contribution is 0.166. The molecule has 2 heteroatoms. The van der Waals surface area contributed by atoms with Crippen LogP contribution in [0.15, 0.2) is 0 Å². The molecule has 0 radical (unpaired) electrons. The molecule has 2 fully saturated rings. The molecule has 1 atom stereocenters. The highest BCUT2D eigenvalue weighted by Gasteiger charge is 2.26. The van der Waals surface area contributed by atoms with Crippen molar-refractivity contribution in [2.24, 2.45) is 0 Å². The lowest BCUT2D eigenvalue weighted by atomic mass is 10.1. The van der Waals surface area contributed by atoms with Gasteiger partial charge in [-0.25, -0.2) is 0 Å². The van der Waals surface area contributed by atoms with Crippen molar-refractivity contribution in [1.82, 2.24) is 9.80 Å². The summed E-state index contributed by atoms with van der Waals surface area (Å²) in [7, 11) is 2.24. The van der Waals surface area contributed by atoms with Crippen LogP contribution in [0.1, 0.15) is 25.7 Å². The molecule has 2 aliphatic rings. The van der Waals surface area contributed by atoms with Crippen LogP contribution < -0.4 is 0 Å². The molecule has 0 unspecified atom stereocenters. The number of piperidine rings is 1. The Bertz CT molecular complexity index is 138. The van der Waals surface area contributed by atoms with Gasteiger partial charge in [0, 0.05) is 12.6 Å². The van der Waals surface area contributed by atoms with E-state index in [9.17, 15) is 0 Å². The van der Waals surface area contributed by atoms with Gasteiger partial charge in [0.15, 0.2) is 0 Å². The SMILES string of the molecule is CN1CC[C@@H](N2CCCCC2)C1. The maximum absolute atomic E-state index is 2.70. The third-order valence-corrected chi connectivity index (χ3v) is 3.27. The summed E-state index contributed by atoms with van der Waals surface area (Å²) in [6, 6.07) is 0.885. The van der Waals surface area contributed by atoms with E-state index >= 15 is 0 Å². The third-order valence-electron chi connectivity index (χ3n) is 3.27. The van der Waals surface area contributed by atoms with Gasteiger partial charge in [0.25, 0.3) is 0 Å². The molecule has 0 aliphatic carbocycles. The second-order valence-corrected chi connectivity index (χ2v) is 4.30. The van der Waals surface area contributed by atoms with E-state index in [-0.39, 0.29) is 0 Å². The van der Waals surface area contributed by atoms with Crippen LogP contribution in [0.4, 0.5) is 0 Å². The molecule has 12 heavy (non-hydrogen) atoms. The number of likely N-dealkylation sites (N-methyl/N-ethyl adjacent to an activating group) is 1. The van der Waals surface area contributed by atoms with Crippen LogP contribution >= 0.6 is 0 Å². The van der Waals surface area contributed by atoms with Gasteiger partial charge in [-0.1, -0.05) is 6.42 Å². The molecule has 0 aromatic carbocycles. The van der Waals surface area contributed by atoms with E-state index < -0.39 is 0 Å². The highest BCUT2D eigenvalue weighted by molar-refractivity contribution is 4.83. The van der Waals surface area contributed by atoms with Crippen molar-refractivity contribution in [3.05, 3.63) is 0 Å². The van der Waals surface area contributed by atoms with Crippen LogP contribution in [0.3, 0.4) is 0 Å². The van der Waals surface area contributed by atoms with Gasteiger partial charge in [0.2, 0.25) is 0 Å². The topological polar surface area (TPSA) is 6.48 Å². The van der Waals surface area contributed by atoms with E-state index in [1.54, 1.807) is 0 Å². The molecule has 0 spiro atoms. The average Bonchev–Trinajstić information content (AvgIpc) is 2.54. The molecule has 0 saturated carbocycles. The monoisotopic (exact) mass is 168 g/mol. The zero-order valence-corrected chi connectivity index (χ0v) is 8.13. The van der Waals surface area contributed by atoms with Crippen molar-refractivity contribution in [1.29, 1.82) is 0 Å². The predicted molar refractivity (Wildman–Crippen MR) is 51.3 cm³/mol. The first-order valence-electron chi connectivity index (χ1n) is 5.29. The predicted octanol–water partition coefficient (Wildman–Crippen LogP) is 1.18. The fourth-order valence-corrected chi connectivity index (χ4v) is 2.49. The van der Waals surface area contributed by atoms with Crippen molar-refractivity contribution in [3.63, 3.8) is 0 Å². The van der Waals surface area contributed by atoms with E-state index in [0.29, 0.717) is 0 Å². The molecule has 2 aliphatic heterocycles. The van der Waals surface area contributed by atoms with Crippen LogP contribution in [0.5, 0.6) is 0 Å². The lowest BCUT2D eigenvalue weighted by Gasteiger charge is -2.31. The third kappa shape index (κ3) is 1.80. The maximum Gasteiger partial charge on any atom is 0.0235 e. The quantitative estimate of drug-likeness (QED) is 0.580. The van der Waals surface area contributed by atoms with Crippen LogP contribution in [0.2, 0.25) is 0 Å². The summed E-state index contributed by atoms with van der Waals surface area (Å²) in [6.45, 7) is 5.33. The van der Waals surface area contributed by atoms with Crippen molar-refractivity contribution in [3.8, 4) is 0 Å². The molecule has 0 bridgehead atoms. The van der Waals surface area contributed by atoms with Gasteiger partial charge in [-0.3, -0.25) is 4.90 Å². The van der Waals surface area contributed by atoms with Crippen molar-refractivity contribution in [2.75, 3.05) is 33.2 Å². The number of likely N-dealkylation sites (tertiary alicyclic amines) is 2. The summed E-state index contributed by atoms with van der Waals surface area (Å²) < 4.78 is 0. The van der Waals surface area contributed by atoms with Crippen LogP contribution in [-0.2, 0) is 0 Å². The molecular weight excluding hydrogens is 148 g/mol. The molecule has 2 heterocycles. The number of rotatable bonds is 1. The standard InChI is InChI=1S/C10H20N2/c1-11-8-5-10(9-11)12-6-3-2-4-7-12/h10H,2-9H2,1H3/t10-/m1/s1. The highest BCUT2D eigenvalue weighted by Crippen LogP contribution is 2.18. The summed E-state index contributed by atoms with van der Waals surface area (Å²) in [5.41, 5.74) is 0.